The van der Waals surface area contributed by atoms with Gasteiger partial charge in [0.05, 0.1) is 0 Å². The van der Waals surface area contributed by atoms with Gasteiger partial charge in [0.1, 0.15) is 5.75 Å². The fourth-order valence-corrected chi connectivity index (χ4v) is 2.31. The Morgan fingerprint density at radius 3 is 2.74 bits per heavy atom. The van der Waals surface area contributed by atoms with Crippen LogP contribution >= 0.6 is 0 Å². The summed E-state index contributed by atoms with van der Waals surface area (Å²) in [5.74, 6) is -0.108. The molecule has 0 bridgehead atoms. The predicted octanol–water partition coefficient (Wildman–Crippen LogP) is 2.38. The summed E-state index contributed by atoms with van der Waals surface area (Å²) in [6.45, 7) is 2.20. The minimum atomic E-state index is -4.64. The van der Waals surface area contributed by atoms with Gasteiger partial charge in [-0.05, 0) is 19.5 Å². The van der Waals surface area contributed by atoms with Crippen molar-refractivity contribution in [2.24, 2.45) is 0 Å². The van der Waals surface area contributed by atoms with Crippen molar-refractivity contribution < 1.29 is 17.9 Å². The molecule has 0 spiro atoms. The highest BCUT2D eigenvalue weighted by atomic mass is 19.4. The molecule has 0 radical (unpaired) electrons. The Morgan fingerprint density at radius 1 is 1.37 bits per heavy atom. The maximum absolute atomic E-state index is 12.3. The van der Waals surface area contributed by atoms with Crippen LogP contribution < -0.4 is 10.1 Å². The van der Waals surface area contributed by atoms with E-state index < -0.39 is 6.36 Å². The molecule has 1 unspecified atom stereocenters. The molecule has 1 aliphatic rings. The topological polar surface area (TPSA) is 24.5 Å². The van der Waals surface area contributed by atoms with Crippen LogP contribution in [0.25, 0.3) is 0 Å². The van der Waals surface area contributed by atoms with Gasteiger partial charge in [0.2, 0.25) is 0 Å². The summed E-state index contributed by atoms with van der Waals surface area (Å²) in [7, 11) is 1.90. The second kappa shape index (κ2) is 5.79. The van der Waals surface area contributed by atoms with Crippen LogP contribution in [0.3, 0.4) is 0 Å². The van der Waals surface area contributed by atoms with Gasteiger partial charge in [0.25, 0.3) is 0 Å². The molecule has 2 rings (SSSR count). The number of nitrogens with one attached hydrogen (secondary N) is 1. The molecule has 0 aromatic heterocycles. The van der Waals surface area contributed by atoms with E-state index in [9.17, 15) is 13.2 Å². The fraction of sp³-hybridized carbons (Fsp3) is 0.538. The molecule has 1 heterocycles. The Bertz CT molecular complexity index is 423. The number of likely N-dealkylation sites (tertiary alicyclic amines) is 1. The van der Waals surface area contributed by atoms with Crippen LogP contribution in [0.1, 0.15) is 12.0 Å². The SMILES string of the molecule is CNC1CCN(Cc2ccccc2OC(F)(F)F)C1. The number of para-hydroxylation sites is 1. The third-order valence-corrected chi connectivity index (χ3v) is 3.27. The molecule has 1 aromatic rings. The van der Waals surface area contributed by atoms with Crippen LogP contribution in [0.2, 0.25) is 0 Å². The van der Waals surface area contributed by atoms with E-state index in [2.05, 4.69) is 15.0 Å². The largest absolute Gasteiger partial charge is 0.573 e. The Hall–Kier alpha value is -1.27. The first-order valence-electron chi connectivity index (χ1n) is 6.21. The summed E-state index contributed by atoms with van der Waals surface area (Å²) in [4.78, 5) is 2.12. The lowest BCUT2D eigenvalue weighted by atomic mass is 10.2. The number of rotatable bonds is 4. The van der Waals surface area contributed by atoms with E-state index in [0.29, 0.717) is 18.2 Å². The van der Waals surface area contributed by atoms with Crippen LogP contribution in [0.5, 0.6) is 5.75 Å². The van der Waals surface area contributed by atoms with Crippen molar-refractivity contribution >= 4 is 0 Å². The van der Waals surface area contributed by atoms with Crippen LogP contribution in [0.15, 0.2) is 24.3 Å². The molecule has 1 N–H and O–H groups in total. The number of benzene rings is 1. The lowest BCUT2D eigenvalue weighted by Crippen LogP contribution is -2.29. The fourth-order valence-electron chi connectivity index (χ4n) is 2.31. The normalized spacial score (nSPS) is 20.7. The smallest absolute Gasteiger partial charge is 0.405 e. The van der Waals surface area contributed by atoms with Crippen LogP contribution in [0, 0.1) is 0 Å². The molecule has 1 atom stereocenters. The van der Waals surface area contributed by atoms with E-state index in [-0.39, 0.29) is 5.75 Å². The third kappa shape index (κ3) is 4.11. The molecule has 1 aliphatic heterocycles. The monoisotopic (exact) mass is 274 g/mol. The zero-order chi connectivity index (χ0) is 13.9. The van der Waals surface area contributed by atoms with Gasteiger partial charge in [-0.1, -0.05) is 18.2 Å². The molecule has 1 saturated heterocycles. The molecule has 1 fully saturated rings. The Morgan fingerprint density at radius 2 is 2.11 bits per heavy atom. The number of hydrogen-bond donors (Lipinski definition) is 1. The quantitative estimate of drug-likeness (QED) is 0.912. The van der Waals surface area contributed by atoms with Gasteiger partial charge in [0, 0.05) is 31.2 Å². The summed E-state index contributed by atoms with van der Waals surface area (Å²) < 4.78 is 41.0. The highest BCUT2D eigenvalue weighted by molar-refractivity contribution is 5.33. The average Bonchev–Trinajstić information content (AvgIpc) is 2.78. The number of halogens is 3. The molecule has 19 heavy (non-hydrogen) atoms. The van der Waals surface area contributed by atoms with E-state index in [4.69, 9.17) is 0 Å². The third-order valence-electron chi connectivity index (χ3n) is 3.27. The van der Waals surface area contributed by atoms with E-state index >= 15 is 0 Å². The molecule has 0 saturated carbocycles. The summed E-state index contributed by atoms with van der Waals surface area (Å²) >= 11 is 0. The molecule has 0 amide bonds. The number of nitrogens with zero attached hydrogens (tertiary/aromatic N) is 1. The minimum Gasteiger partial charge on any atom is -0.405 e. The van der Waals surface area contributed by atoms with E-state index in [0.717, 1.165) is 19.5 Å². The molecule has 3 nitrogen and oxygen atoms in total. The van der Waals surface area contributed by atoms with Gasteiger partial charge >= 0.3 is 6.36 Å². The summed E-state index contributed by atoms with van der Waals surface area (Å²) in [6.07, 6.45) is -3.63. The lowest BCUT2D eigenvalue weighted by Gasteiger charge is -2.19. The number of likely N-dealkylation sites (N-methyl/N-ethyl adjacent to an activating group) is 1. The zero-order valence-electron chi connectivity index (χ0n) is 10.7. The van der Waals surface area contributed by atoms with Crippen LogP contribution in [-0.4, -0.2) is 37.4 Å². The Kier molecular flexibility index (Phi) is 4.31. The maximum Gasteiger partial charge on any atom is 0.573 e. The highest BCUT2D eigenvalue weighted by Crippen LogP contribution is 2.27. The van der Waals surface area contributed by atoms with Crippen LogP contribution in [0.4, 0.5) is 13.2 Å². The van der Waals surface area contributed by atoms with E-state index in [1.165, 1.54) is 6.07 Å². The van der Waals surface area contributed by atoms with Crippen LogP contribution in [-0.2, 0) is 6.54 Å². The predicted molar refractivity (Wildman–Crippen MR) is 65.9 cm³/mol. The zero-order valence-corrected chi connectivity index (χ0v) is 10.7. The van der Waals surface area contributed by atoms with Gasteiger partial charge in [-0.25, -0.2) is 0 Å². The van der Waals surface area contributed by atoms with Gasteiger partial charge in [0.15, 0.2) is 0 Å². The van der Waals surface area contributed by atoms with Gasteiger partial charge < -0.3 is 10.1 Å². The van der Waals surface area contributed by atoms with Crippen molar-refractivity contribution in [2.75, 3.05) is 20.1 Å². The molecule has 0 aliphatic carbocycles. The molecule has 6 heteroatoms. The lowest BCUT2D eigenvalue weighted by molar-refractivity contribution is -0.275. The summed E-state index contributed by atoms with van der Waals surface area (Å²) in [6, 6.07) is 6.72. The maximum atomic E-state index is 12.3. The van der Waals surface area contributed by atoms with Crippen molar-refractivity contribution in [3.8, 4) is 5.75 Å². The second-order valence-electron chi connectivity index (χ2n) is 4.66. The van der Waals surface area contributed by atoms with Gasteiger partial charge in [-0.15, -0.1) is 13.2 Å². The van der Waals surface area contributed by atoms with Gasteiger partial charge in [-0.2, -0.15) is 0 Å². The number of alkyl halides is 3. The highest BCUT2D eigenvalue weighted by Gasteiger charge is 2.32. The molecule has 106 valence electrons. The Balaban J connectivity index is 2.04. The van der Waals surface area contributed by atoms with Crippen molar-refractivity contribution in [1.82, 2.24) is 10.2 Å². The first-order chi connectivity index (χ1) is 8.98. The molecular weight excluding hydrogens is 257 g/mol. The van der Waals surface area contributed by atoms with E-state index in [1.54, 1.807) is 18.2 Å². The van der Waals surface area contributed by atoms with Crippen molar-refractivity contribution in [3.05, 3.63) is 29.8 Å². The first-order valence-corrected chi connectivity index (χ1v) is 6.21. The first kappa shape index (κ1) is 14.1. The van der Waals surface area contributed by atoms with Crippen molar-refractivity contribution in [3.63, 3.8) is 0 Å². The van der Waals surface area contributed by atoms with Crippen molar-refractivity contribution in [2.45, 2.75) is 25.4 Å². The second-order valence-corrected chi connectivity index (χ2v) is 4.66. The van der Waals surface area contributed by atoms with E-state index in [1.807, 2.05) is 7.05 Å². The molecular formula is C13H17F3N2O. The summed E-state index contributed by atoms with van der Waals surface area (Å²) in [5.41, 5.74) is 0.566. The minimum absolute atomic E-state index is 0.108. The number of hydrogen-bond acceptors (Lipinski definition) is 3. The van der Waals surface area contributed by atoms with Crippen molar-refractivity contribution in [1.29, 1.82) is 0 Å². The number of ether oxygens (including phenoxy) is 1. The molecule has 1 aromatic carbocycles. The standard InChI is InChI=1S/C13H17F3N2O/c1-17-11-6-7-18(9-11)8-10-4-2-3-5-12(10)19-13(14,15)16/h2-5,11,17H,6-9H2,1H3. The summed E-state index contributed by atoms with van der Waals surface area (Å²) in [5, 5.41) is 3.18. The average molecular weight is 274 g/mol. The van der Waals surface area contributed by atoms with Gasteiger partial charge in [-0.3, -0.25) is 4.90 Å². The Labute approximate surface area is 110 Å².